The highest BCUT2D eigenvalue weighted by Crippen LogP contribution is 2.22. The Hall–Kier alpha value is -1.43. The van der Waals surface area contributed by atoms with Gasteiger partial charge in [0.05, 0.1) is 3.57 Å². The number of hydrogen-bond donors (Lipinski definition) is 0. The van der Waals surface area contributed by atoms with E-state index in [2.05, 4.69) is 22.6 Å². The van der Waals surface area contributed by atoms with Crippen molar-refractivity contribution in [2.75, 3.05) is 0 Å². The fourth-order valence-corrected chi connectivity index (χ4v) is 2.14. The smallest absolute Gasteiger partial charge is 0.150 e. The molecular weight excluding hydrogens is 346 g/mol. The number of ether oxygens (including phenoxy) is 1. The number of hydrogen-bond acceptors (Lipinski definition) is 2. The first kappa shape index (κ1) is 13.0. The lowest BCUT2D eigenvalue weighted by Crippen LogP contribution is -1.97. The monoisotopic (exact) mass is 356 g/mol. The van der Waals surface area contributed by atoms with E-state index in [1.165, 1.54) is 12.1 Å². The minimum atomic E-state index is -0.260. The maximum atomic E-state index is 12.7. The molecule has 4 heteroatoms. The first-order valence-corrected chi connectivity index (χ1v) is 6.39. The number of rotatable bonds is 4. The van der Waals surface area contributed by atoms with E-state index in [-0.39, 0.29) is 5.82 Å². The molecule has 18 heavy (non-hydrogen) atoms. The molecular formula is C14H10FIO2. The highest BCUT2D eigenvalue weighted by molar-refractivity contribution is 14.1. The van der Waals surface area contributed by atoms with Gasteiger partial charge < -0.3 is 4.74 Å². The van der Waals surface area contributed by atoms with E-state index < -0.39 is 0 Å². The van der Waals surface area contributed by atoms with Crippen molar-refractivity contribution in [3.8, 4) is 5.75 Å². The molecule has 92 valence electrons. The molecule has 2 aromatic rings. The summed E-state index contributed by atoms with van der Waals surface area (Å²) in [6, 6.07) is 11.4. The van der Waals surface area contributed by atoms with Crippen molar-refractivity contribution in [3.63, 3.8) is 0 Å². The summed E-state index contributed by atoms with van der Waals surface area (Å²) >= 11 is 2.11. The Morgan fingerprint density at radius 1 is 1.17 bits per heavy atom. The molecule has 0 fully saturated rings. The van der Waals surface area contributed by atoms with Gasteiger partial charge in [-0.15, -0.1) is 0 Å². The standard InChI is InChI=1S/C14H10FIO2/c15-12-4-1-10(2-5-12)9-18-14-6-3-11(8-17)7-13(14)16/h1-8H,9H2. The van der Waals surface area contributed by atoms with Crippen molar-refractivity contribution in [1.29, 1.82) is 0 Å². The number of carbonyl (C=O) groups is 1. The first-order valence-electron chi connectivity index (χ1n) is 5.31. The third kappa shape index (κ3) is 3.29. The number of aldehydes is 1. The van der Waals surface area contributed by atoms with Crippen molar-refractivity contribution < 1.29 is 13.9 Å². The Morgan fingerprint density at radius 3 is 2.50 bits per heavy atom. The molecule has 0 atom stereocenters. The average molecular weight is 356 g/mol. The van der Waals surface area contributed by atoms with Gasteiger partial charge in [0.2, 0.25) is 0 Å². The second kappa shape index (κ2) is 5.95. The minimum Gasteiger partial charge on any atom is -0.488 e. The lowest BCUT2D eigenvalue weighted by Gasteiger charge is -2.08. The van der Waals surface area contributed by atoms with Crippen LogP contribution in [0.1, 0.15) is 15.9 Å². The summed E-state index contributed by atoms with van der Waals surface area (Å²) in [6.45, 7) is 0.372. The van der Waals surface area contributed by atoms with Gasteiger partial charge in [0, 0.05) is 5.56 Å². The van der Waals surface area contributed by atoms with Crippen LogP contribution in [0.2, 0.25) is 0 Å². The number of carbonyl (C=O) groups excluding carboxylic acids is 1. The lowest BCUT2D eigenvalue weighted by molar-refractivity contribution is 0.112. The summed E-state index contributed by atoms with van der Waals surface area (Å²) < 4.78 is 19.2. The molecule has 0 heterocycles. The van der Waals surface area contributed by atoms with Gasteiger partial charge in [-0.05, 0) is 58.5 Å². The van der Waals surface area contributed by atoms with E-state index in [4.69, 9.17) is 4.74 Å². The molecule has 0 saturated heterocycles. The normalized spacial score (nSPS) is 10.1. The van der Waals surface area contributed by atoms with Gasteiger partial charge in [-0.2, -0.15) is 0 Å². The summed E-state index contributed by atoms with van der Waals surface area (Å²) in [5, 5.41) is 0. The van der Waals surface area contributed by atoms with Crippen LogP contribution in [0.4, 0.5) is 4.39 Å². The van der Waals surface area contributed by atoms with Crippen molar-refractivity contribution in [3.05, 3.63) is 63.0 Å². The lowest BCUT2D eigenvalue weighted by atomic mass is 10.2. The van der Waals surface area contributed by atoms with Crippen LogP contribution in [-0.4, -0.2) is 6.29 Å². The highest BCUT2D eigenvalue weighted by atomic mass is 127. The molecule has 0 N–H and O–H groups in total. The topological polar surface area (TPSA) is 26.3 Å². The molecule has 0 radical (unpaired) electrons. The first-order chi connectivity index (χ1) is 8.69. The van der Waals surface area contributed by atoms with E-state index in [0.29, 0.717) is 17.9 Å². The van der Waals surface area contributed by atoms with Crippen molar-refractivity contribution in [2.24, 2.45) is 0 Å². The van der Waals surface area contributed by atoms with Crippen LogP contribution in [0.15, 0.2) is 42.5 Å². The van der Waals surface area contributed by atoms with Crippen LogP contribution in [0, 0.1) is 9.39 Å². The fraction of sp³-hybridized carbons (Fsp3) is 0.0714. The van der Waals surface area contributed by atoms with Crippen molar-refractivity contribution in [1.82, 2.24) is 0 Å². The molecule has 2 aromatic carbocycles. The van der Waals surface area contributed by atoms with Crippen LogP contribution < -0.4 is 4.74 Å². The zero-order valence-electron chi connectivity index (χ0n) is 9.40. The third-order valence-corrected chi connectivity index (χ3v) is 3.24. The van der Waals surface area contributed by atoms with Crippen LogP contribution >= 0.6 is 22.6 Å². The highest BCUT2D eigenvalue weighted by Gasteiger charge is 2.03. The van der Waals surface area contributed by atoms with E-state index in [1.807, 2.05) is 0 Å². The van der Waals surface area contributed by atoms with E-state index in [1.54, 1.807) is 30.3 Å². The Balaban J connectivity index is 2.06. The fourth-order valence-electron chi connectivity index (χ4n) is 1.45. The third-order valence-electron chi connectivity index (χ3n) is 2.40. The summed E-state index contributed by atoms with van der Waals surface area (Å²) in [4.78, 5) is 10.6. The summed E-state index contributed by atoms with van der Waals surface area (Å²) in [7, 11) is 0. The number of halogens is 2. The molecule has 0 unspecified atom stereocenters. The minimum absolute atomic E-state index is 0.260. The van der Waals surface area contributed by atoms with Gasteiger partial charge in [0.1, 0.15) is 24.5 Å². The van der Waals surface area contributed by atoms with E-state index in [9.17, 15) is 9.18 Å². The zero-order chi connectivity index (χ0) is 13.0. The largest absolute Gasteiger partial charge is 0.488 e. The van der Waals surface area contributed by atoms with Gasteiger partial charge in [0.15, 0.2) is 0 Å². The second-order valence-corrected chi connectivity index (χ2v) is 4.89. The Kier molecular flexibility index (Phi) is 4.30. The van der Waals surface area contributed by atoms with E-state index >= 15 is 0 Å². The van der Waals surface area contributed by atoms with Crippen LogP contribution in [0.5, 0.6) is 5.75 Å². The zero-order valence-corrected chi connectivity index (χ0v) is 11.6. The quantitative estimate of drug-likeness (QED) is 0.615. The number of benzene rings is 2. The Labute approximate surface area is 118 Å². The van der Waals surface area contributed by atoms with Gasteiger partial charge in [-0.25, -0.2) is 4.39 Å². The average Bonchev–Trinajstić information content (AvgIpc) is 2.39. The molecule has 2 rings (SSSR count). The second-order valence-electron chi connectivity index (χ2n) is 3.72. The van der Waals surface area contributed by atoms with Crippen LogP contribution in [0.25, 0.3) is 0 Å². The maximum Gasteiger partial charge on any atom is 0.150 e. The summed E-state index contributed by atoms with van der Waals surface area (Å²) in [5.41, 5.74) is 1.51. The molecule has 0 bridgehead atoms. The van der Waals surface area contributed by atoms with Crippen LogP contribution in [0.3, 0.4) is 0 Å². The van der Waals surface area contributed by atoms with E-state index in [0.717, 1.165) is 15.4 Å². The SMILES string of the molecule is O=Cc1ccc(OCc2ccc(F)cc2)c(I)c1. The van der Waals surface area contributed by atoms with Gasteiger partial charge in [-0.1, -0.05) is 12.1 Å². The summed E-state index contributed by atoms with van der Waals surface area (Å²) in [6.07, 6.45) is 0.798. The Bertz CT molecular complexity index is 552. The molecule has 0 aromatic heterocycles. The molecule has 0 aliphatic carbocycles. The van der Waals surface area contributed by atoms with Crippen LogP contribution in [-0.2, 0) is 6.61 Å². The maximum absolute atomic E-state index is 12.7. The summed E-state index contributed by atoms with van der Waals surface area (Å²) in [5.74, 6) is 0.453. The predicted molar refractivity (Wildman–Crippen MR) is 75.3 cm³/mol. The van der Waals surface area contributed by atoms with Crippen molar-refractivity contribution in [2.45, 2.75) is 6.61 Å². The Morgan fingerprint density at radius 2 is 1.89 bits per heavy atom. The molecule has 0 saturated carbocycles. The van der Waals surface area contributed by atoms with Crippen molar-refractivity contribution >= 4 is 28.9 Å². The molecule has 0 aliphatic heterocycles. The van der Waals surface area contributed by atoms with Gasteiger partial charge in [-0.3, -0.25) is 4.79 Å². The molecule has 0 amide bonds. The van der Waals surface area contributed by atoms with Gasteiger partial charge in [0.25, 0.3) is 0 Å². The molecule has 2 nitrogen and oxygen atoms in total. The molecule has 0 spiro atoms. The molecule has 0 aliphatic rings. The van der Waals surface area contributed by atoms with Gasteiger partial charge >= 0.3 is 0 Å². The predicted octanol–water partition coefficient (Wildman–Crippen LogP) is 3.82.